The second kappa shape index (κ2) is 2.24. The molecule has 0 spiro atoms. The lowest BCUT2D eigenvalue weighted by Crippen LogP contribution is -3.10. The van der Waals surface area contributed by atoms with Gasteiger partial charge in [-0.1, -0.05) is 0 Å². The Morgan fingerprint density at radius 3 is 2.00 bits per heavy atom. The zero-order chi connectivity index (χ0) is 12.6. The Hall–Kier alpha value is -1.03. The normalized spacial score (nSPS) is 64.2. The number of hydrogen-bond donors (Lipinski definition) is 2. The Morgan fingerprint density at radius 2 is 1.67 bits per heavy atom. The number of allylic oxidation sites excluding steroid dienone is 1. The molecule has 0 aliphatic heterocycles. The first-order chi connectivity index (χ1) is 8.60. The lowest BCUT2D eigenvalue weighted by molar-refractivity contribution is -0.654. The van der Waals surface area contributed by atoms with Gasteiger partial charge in [-0.15, -0.1) is 0 Å². The molecule has 0 unspecified atom stereocenters. The maximum absolute atomic E-state index is 11.2. The van der Waals surface area contributed by atoms with Gasteiger partial charge in [0, 0.05) is 17.4 Å². The standard InChI is InChI=1S/C14H16O4/c1-4(12(16)17)11(18-2)14-8-5-9(14)7-10(14)6(8)13(5,7)3-15/h5-10,15H,3H2,1-2H3,(H,16,17). The molecule has 6 saturated carbocycles. The van der Waals surface area contributed by atoms with Gasteiger partial charge in [-0.2, -0.15) is 0 Å². The first-order valence-electron chi connectivity index (χ1n) is 6.69. The van der Waals surface area contributed by atoms with E-state index in [0.717, 1.165) is 5.76 Å². The number of carbonyl (C=O) groups is 1. The summed E-state index contributed by atoms with van der Waals surface area (Å²) in [6, 6.07) is 0. The molecule has 0 radical (unpaired) electrons. The minimum atomic E-state index is -0.864. The van der Waals surface area contributed by atoms with Gasteiger partial charge in [0.2, 0.25) is 0 Å². The minimum absolute atomic E-state index is 0.0775. The number of hydrogen-bond acceptors (Lipinski definition) is 3. The number of aliphatic carboxylic acids is 1. The van der Waals surface area contributed by atoms with Gasteiger partial charge in [0.25, 0.3) is 0 Å². The van der Waals surface area contributed by atoms with Crippen molar-refractivity contribution in [3.63, 3.8) is 0 Å². The lowest BCUT2D eigenvalue weighted by atomic mass is 8.92. The highest BCUT2D eigenvalue weighted by atomic mass is 16.5. The van der Waals surface area contributed by atoms with Crippen LogP contribution < -0.4 is 0 Å². The summed E-state index contributed by atoms with van der Waals surface area (Å²) in [6.07, 6.45) is 0. The smallest absolute Gasteiger partial charge is 0.334 e. The fraction of sp³-hybridized carbons (Fsp3) is 0.786. The van der Waals surface area contributed by atoms with E-state index in [2.05, 4.69) is 0 Å². The van der Waals surface area contributed by atoms with E-state index in [-0.39, 0.29) is 10.8 Å². The average molecular weight is 248 g/mol. The largest absolute Gasteiger partial charge is 0.500 e. The number of aliphatic hydroxyl groups is 1. The molecule has 0 heterocycles. The van der Waals surface area contributed by atoms with Crippen LogP contribution in [-0.4, -0.2) is 29.9 Å². The third-order valence-corrected chi connectivity index (χ3v) is 7.37. The number of ether oxygens (including phenoxy) is 1. The van der Waals surface area contributed by atoms with Crippen LogP contribution in [0.25, 0.3) is 0 Å². The highest BCUT2D eigenvalue weighted by Gasteiger charge is 3.10. The first-order valence-corrected chi connectivity index (χ1v) is 6.69. The maximum atomic E-state index is 11.2. The van der Waals surface area contributed by atoms with Crippen LogP contribution in [0.2, 0.25) is 0 Å². The summed E-state index contributed by atoms with van der Waals surface area (Å²) in [4.78, 5) is 11.2. The molecule has 0 amide bonds. The van der Waals surface area contributed by atoms with Crippen molar-refractivity contribution >= 4 is 5.97 Å². The highest BCUT2D eigenvalue weighted by molar-refractivity contribution is 5.87. The van der Waals surface area contributed by atoms with Gasteiger partial charge in [0.05, 0.1) is 12.7 Å². The first kappa shape index (κ1) is 9.84. The van der Waals surface area contributed by atoms with Crippen molar-refractivity contribution in [2.75, 3.05) is 13.7 Å². The van der Waals surface area contributed by atoms with Gasteiger partial charge in [-0.25, -0.2) is 4.79 Å². The van der Waals surface area contributed by atoms with Crippen LogP contribution in [0.5, 0.6) is 0 Å². The van der Waals surface area contributed by atoms with Crippen molar-refractivity contribution in [3.8, 4) is 0 Å². The molecule has 0 saturated heterocycles. The number of rotatable bonds is 4. The van der Waals surface area contributed by atoms with Gasteiger partial charge < -0.3 is 14.9 Å². The lowest BCUT2D eigenvalue weighted by Gasteiger charge is -3.11. The minimum Gasteiger partial charge on any atom is -0.500 e. The molecule has 0 aromatic heterocycles. The fourth-order valence-electron chi connectivity index (χ4n) is 7.27. The molecule has 0 aromatic carbocycles. The molecular formula is C14H16O4. The van der Waals surface area contributed by atoms with Gasteiger partial charge >= 0.3 is 5.97 Å². The molecular weight excluding hydrogens is 232 g/mol. The van der Waals surface area contributed by atoms with Gasteiger partial charge in [-0.05, 0) is 42.4 Å². The van der Waals surface area contributed by atoms with Gasteiger partial charge in [-0.3, -0.25) is 0 Å². The van der Waals surface area contributed by atoms with E-state index in [1.165, 1.54) is 0 Å². The Balaban J connectivity index is 1.57. The number of aliphatic hydroxyl groups excluding tert-OH is 1. The van der Waals surface area contributed by atoms with E-state index < -0.39 is 5.97 Å². The predicted molar refractivity (Wildman–Crippen MR) is 60.2 cm³/mol. The van der Waals surface area contributed by atoms with E-state index in [0.29, 0.717) is 47.7 Å². The molecule has 2 N–H and O–H groups in total. The van der Waals surface area contributed by atoms with Crippen LogP contribution in [0.4, 0.5) is 0 Å². The molecule has 6 rings (SSSR count). The van der Waals surface area contributed by atoms with Crippen molar-refractivity contribution in [2.45, 2.75) is 6.92 Å². The summed E-state index contributed by atoms with van der Waals surface area (Å²) >= 11 is 0. The average Bonchev–Trinajstić information content (AvgIpc) is 2.39. The Morgan fingerprint density at radius 1 is 1.17 bits per heavy atom. The second-order valence-electron chi connectivity index (χ2n) is 6.82. The Bertz CT molecular complexity index is 492. The maximum Gasteiger partial charge on any atom is 0.334 e. The summed E-state index contributed by atoms with van der Waals surface area (Å²) < 4.78 is 5.49. The number of carboxylic acid groups (broad SMARTS) is 1. The van der Waals surface area contributed by atoms with Crippen LogP contribution in [0.3, 0.4) is 0 Å². The van der Waals surface area contributed by atoms with E-state index in [9.17, 15) is 15.0 Å². The molecule has 18 heavy (non-hydrogen) atoms. The summed E-state index contributed by atoms with van der Waals surface area (Å²) in [5.41, 5.74) is 0.734. The van der Waals surface area contributed by atoms with Gasteiger partial charge in [0.15, 0.2) is 0 Å². The molecule has 0 bridgehead atoms. The molecule has 0 aromatic rings. The third kappa shape index (κ3) is 0.481. The zero-order valence-electron chi connectivity index (χ0n) is 10.4. The van der Waals surface area contributed by atoms with Crippen LogP contribution >= 0.6 is 0 Å². The quantitative estimate of drug-likeness (QED) is 0.568. The summed E-state index contributed by atoms with van der Waals surface area (Å²) in [7, 11) is 1.60. The van der Waals surface area contributed by atoms with Crippen LogP contribution in [0, 0.1) is 46.3 Å². The molecule has 6 aliphatic carbocycles. The summed E-state index contributed by atoms with van der Waals surface area (Å²) in [6.45, 7) is 2.00. The van der Waals surface area contributed by atoms with Crippen molar-refractivity contribution in [3.05, 3.63) is 11.3 Å². The van der Waals surface area contributed by atoms with E-state index in [1.807, 2.05) is 0 Å². The van der Waals surface area contributed by atoms with Gasteiger partial charge in [0.1, 0.15) is 5.76 Å². The van der Waals surface area contributed by atoms with Crippen LogP contribution in [0.1, 0.15) is 6.92 Å². The van der Waals surface area contributed by atoms with Crippen molar-refractivity contribution in [1.29, 1.82) is 0 Å². The molecule has 4 nitrogen and oxygen atoms in total. The SMILES string of the molecule is COC(=C(C)C(=O)O)C12C3C4C1C1C2C3C41CO. The number of carboxylic acids is 1. The summed E-state index contributed by atoms with van der Waals surface area (Å²) in [5, 5.41) is 18.7. The molecule has 0 atom stereocenters. The Labute approximate surface area is 105 Å². The van der Waals surface area contributed by atoms with Crippen molar-refractivity contribution in [2.24, 2.45) is 46.3 Å². The fourth-order valence-corrected chi connectivity index (χ4v) is 7.27. The molecule has 96 valence electrons. The van der Waals surface area contributed by atoms with Crippen molar-refractivity contribution in [1.82, 2.24) is 0 Å². The predicted octanol–water partition coefficient (Wildman–Crippen LogP) is 0.722. The van der Waals surface area contributed by atoms with E-state index in [1.54, 1.807) is 14.0 Å². The number of methoxy groups -OCH3 is 1. The Kier molecular flexibility index (Phi) is 1.22. The van der Waals surface area contributed by atoms with Crippen LogP contribution in [-0.2, 0) is 9.53 Å². The molecule has 4 heteroatoms. The van der Waals surface area contributed by atoms with Crippen molar-refractivity contribution < 1.29 is 19.7 Å². The summed E-state index contributed by atoms with van der Waals surface area (Å²) in [5.74, 6) is 3.76. The topological polar surface area (TPSA) is 66.8 Å². The second-order valence-corrected chi connectivity index (χ2v) is 6.82. The molecule has 6 fully saturated rings. The molecule has 6 aliphatic rings. The highest BCUT2D eigenvalue weighted by Crippen LogP contribution is 3.11. The zero-order valence-corrected chi connectivity index (χ0v) is 10.4. The third-order valence-electron chi connectivity index (χ3n) is 7.37. The van der Waals surface area contributed by atoms with Crippen LogP contribution in [0.15, 0.2) is 11.3 Å². The monoisotopic (exact) mass is 248 g/mol. The van der Waals surface area contributed by atoms with E-state index >= 15 is 0 Å². The van der Waals surface area contributed by atoms with E-state index in [4.69, 9.17) is 4.74 Å².